The van der Waals surface area contributed by atoms with Gasteiger partial charge in [-0.25, -0.2) is 9.97 Å². The molecule has 0 bridgehead atoms. The van der Waals surface area contributed by atoms with E-state index in [2.05, 4.69) is 46.1 Å². The number of anilines is 3. The van der Waals surface area contributed by atoms with Gasteiger partial charge in [0.25, 0.3) is 0 Å². The number of carbonyl (C=O) groups excluding carboxylic acids is 1. The summed E-state index contributed by atoms with van der Waals surface area (Å²) in [6, 6.07) is 8.11. The molecule has 1 N–H and O–H groups in total. The number of carbonyl (C=O) groups is 1. The maximum atomic E-state index is 12.8. The molecule has 2 aliphatic rings. The zero-order valence-electron chi connectivity index (χ0n) is 17.9. The monoisotopic (exact) mass is 409 g/mol. The van der Waals surface area contributed by atoms with Crippen molar-refractivity contribution >= 4 is 23.2 Å². The van der Waals surface area contributed by atoms with Crippen molar-refractivity contribution in [3.63, 3.8) is 0 Å². The van der Waals surface area contributed by atoms with Gasteiger partial charge in [0.05, 0.1) is 13.2 Å². The van der Waals surface area contributed by atoms with Crippen molar-refractivity contribution in [2.24, 2.45) is 5.92 Å². The van der Waals surface area contributed by atoms with Crippen molar-refractivity contribution in [2.75, 3.05) is 54.5 Å². The number of nitrogens with zero attached hydrogens (tertiary/aromatic N) is 4. The van der Waals surface area contributed by atoms with Gasteiger partial charge in [0.1, 0.15) is 0 Å². The van der Waals surface area contributed by atoms with Gasteiger partial charge < -0.3 is 19.9 Å². The smallest absolute Gasteiger partial charge is 0.227 e. The van der Waals surface area contributed by atoms with Gasteiger partial charge >= 0.3 is 0 Å². The molecule has 0 unspecified atom stereocenters. The van der Waals surface area contributed by atoms with Crippen LogP contribution in [0.1, 0.15) is 31.5 Å². The Hall–Kier alpha value is -2.67. The molecule has 160 valence electrons. The molecule has 1 aromatic carbocycles. The highest BCUT2D eigenvalue weighted by Crippen LogP contribution is 2.27. The largest absolute Gasteiger partial charge is 0.378 e. The van der Waals surface area contributed by atoms with Crippen molar-refractivity contribution < 1.29 is 9.53 Å². The maximum absolute atomic E-state index is 12.8. The van der Waals surface area contributed by atoms with Crippen LogP contribution in [0.25, 0.3) is 0 Å². The van der Waals surface area contributed by atoms with Gasteiger partial charge in [-0.1, -0.05) is 0 Å². The second kappa shape index (κ2) is 9.43. The number of rotatable bonds is 6. The Morgan fingerprint density at radius 1 is 1.20 bits per heavy atom. The number of hydrogen-bond donors (Lipinski definition) is 1. The number of ether oxygens (including phenoxy) is 1. The summed E-state index contributed by atoms with van der Waals surface area (Å²) in [7, 11) is 0. The minimum Gasteiger partial charge on any atom is -0.378 e. The third-order valence-corrected chi connectivity index (χ3v) is 6.07. The molecule has 1 saturated heterocycles. The van der Waals surface area contributed by atoms with Gasteiger partial charge in [0.15, 0.2) is 0 Å². The molecular weight excluding hydrogens is 378 g/mol. The normalized spacial score (nSPS) is 18.6. The van der Waals surface area contributed by atoms with Crippen LogP contribution in [0, 0.1) is 5.92 Å². The van der Waals surface area contributed by atoms with E-state index in [4.69, 9.17) is 9.72 Å². The first kappa shape index (κ1) is 20.6. The number of benzene rings is 1. The van der Waals surface area contributed by atoms with Gasteiger partial charge in [0, 0.05) is 55.4 Å². The van der Waals surface area contributed by atoms with Crippen LogP contribution in [0.15, 0.2) is 30.5 Å². The third kappa shape index (κ3) is 4.56. The molecule has 1 atom stereocenters. The van der Waals surface area contributed by atoms with Crippen LogP contribution in [0.3, 0.4) is 0 Å². The summed E-state index contributed by atoms with van der Waals surface area (Å²) in [6.07, 6.45) is 4.25. The second-order valence-corrected chi connectivity index (χ2v) is 7.89. The van der Waals surface area contributed by atoms with E-state index in [0.717, 1.165) is 75.1 Å². The second-order valence-electron chi connectivity index (χ2n) is 7.89. The Bertz CT molecular complexity index is 860. The molecule has 2 aromatic rings. The molecule has 7 heteroatoms. The first-order valence-corrected chi connectivity index (χ1v) is 11.0. The number of aromatic nitrogens is 2. The van der Waals surface area contributed by atoms with E-state index in [-0.39, 0.29) is 11.8 Å². The zero-order chi connectivity index (χ0) is 20.9. The highest BCUT2D eigenvalue weighted by atomic mass is 16.5. The molecule has 1 aliphatic carbocycles. The summed E-state index contributed by atoms with van der Waals surface area (Å²) in [6.45, 7) is 9.36. The SMILES string of the molecule is CCN(CC)c1ncc2c(n1)CC[C@@H](C(=O)Nc1ccc(N3CCOCC3)cc1)C2. The van der Waals surface area contributed by atoms with Gasteiger partial charge in [0.2, 0.25) is 11.9 Å². The lowest BCUT2D eigenvalue weighted by molar-refractivity contribution is -0.120. The zero-order valence-corrected chi connectivity index (χ0v) is 17.9. The molecule has 0 radical (unpaired) electrons. The molecule has 7 nitrogen and oxygen atoms in total. The lowest BCUT2D eigenvalue weighted by Gasteiger charge is -2.29. The highest BCUT2D eigenvalue weighted by molar-refractivity contribution is 5.93. The summed E-state index contributed by atoms with van der Waals surface area (Å²) < 4.78 is 5.41. The van der Waals surface area contributed by atoms with Crippen LogP contribution < -0.4 is 15.1 Å². The van der Waals surface area contributed by atoms with Crippen LogP contribution in [0.5, 0.6) is 0 Å². The Morgan fingerprint density at radius 2 is 1.93 bits per heavy atom. The summed E-state index contributed by atoms with van der Waals surface area (Å²) >= 11 is 0. The molecule has 0 saturated carbocycles. The third-order valence-electron chi connectivity index (χ3n) is 6.07. The van der Waals surface area contributed by atoms with E-state index in [1.165, 1.54) is 5.69 Å². The van der Waals surface area contributed by atoms with Gasteiger partial charge in [-0.3, -0.25) is 4.79 Å². The topological polar surface area (TPSA) is 70.6 Å². The fourth-order valence-electron chi connectivity index (χ4n) is 4.20. The van der Waals surface area contributed by atoms with Gasteiger partial charge in [-0.05, 0) is 62.9 Å². The highest BCUT2D eigenvalue weighted by Gasteiger charge is 2.26. The summed E-state index contributed by atoms with van der Waals surface area (Å²) in [5.74, 6) is 0.828. The Morgan fingerprint density at radius 3 is 2.63 bits per heavy atom. The Labute approximate surface area is 178 Å². The maximum Gasteiger partial charge on any atom is 0.227 e. The Balaban J connectivity index is 1.37. The number of amides is 1. The quantitative estimate of drug-likeness (QED) is 0.791. The summed E-state index contributed by atoms with van der Waals surface area (Å²) in [4.78, 5) is 26.6. The molecule has 1 amide bonds. The van der Waals surface area contributed by atoms with Crippen LogP contribution in [-0.2, 0) is 22.4 Å². The number of morpholine rings is 1. The number of fused-ring (bicyclic) bond motifs is 1. The van der Waals surface area contributed by atoms with Gasteiger partial charge in [-0.15, -0.1) is 0 Å². The van der Waals surface area contributed by atoms with Crippen molar-refractivity contribution in [1.29, 1.82) is 0 Å². The van der Waals surface area contributed by atoms with Crippen molar-refractivity contribution in [1.82, 2.24) is 9.97 Å². The lowest BCUT2D eigenvalue weighted by Crippen LogP contribution is -2.36. The average Bonchev–Trinajstić information content (AvgIpc) is 2.80. The predicted molar refractivity (Wildman–Crippen MR) is 119 cm³/mol. The fourth-order valence-corrected chi connectivity index (χ4v) is 4.20. The first-order chi connectivity index (χ1) is 14.7. The molecule has 30 heavy (non-hydrogen) atoms. The van der Waals surface area contributed by atoms with Crippen LogP contribution in [0.4, 0.5) is 17.3 Å². The molecule has 0 spiro atoms. The lowest BCUT2D eigenvalue weighted by atomic mass is 9.86. The van der Waals surface area contributed by atoms with E-state index in [0.29, 0.717) is 6.42 Å². The van der Waals surface area contributed by atoms with Gasteiger partial charge in [-0.2, -0.15) is 0 Å². The van der Waals surface area contributed by atoms with E-state index >= 15 is 0 Å². The average molecular weight is 410 g/mol. The van der Waals surface area contributed by atoms with Crippen molar-refractivity contribution in [3.8, 4) is 0 Å². The summed E-state index contributed by atoms with van der Waals surface area (Å²) in [5, 5.41) is 3.09. The minimum atomic E-state index is -0.0423. The molecule has 1 aliphatic heterocycles. The minimum absolute atomic E-state index is 0.0423. The van der Waals surface area contributed by atoms with E-state index in [1.807, 2.05) is 18.3 Å². The van der Waals surface area contributed by atoms with E-state index in [9.17, 15) is 4.79 Å². The predicted octanol–water partition coefficient (Wildman–Crippen LogP) is 2.90. The van der Waals surface area contributed by atoms with Crippen molar-refractivity contribution in [2.45, 2.75) is 33.1 Å². The number of hydrogen-bond acceptors (Lipinski definition) is 6. The fraction of sp³-hybridized carbons (Fsp3) is 0.522. The van der Waals surface area contributed by atoms with Crippen LogP contribution in [-0.4, -0.2) is 55.3 Å². The summed E-state index contributed by atoms with van der Waals surface area (Å²) in [5.41, 5.74) is 4.20. The number of aryl methyl sites for hydroxylation is 1. The van der Waals surface area contributed by atoms with E-state index in [1.54, 1.807) is 0 Å². The standard InChI is InChI=1S/C23H31N5O2/c1-3-27(4-2)23-24-16-18-15-17(5-10-21(18)26-23)22(29)25-19-6-8-20(9-7-19)28-11-13-30-14-12-28/h6-9,16-17H,3-5,10-15H2,1-2H3,(H,25,29)/t17-/m1/s1. The van der Waals surface area contributed by atoms with Crippen LogP contribution >= 0.6 is 0 Å². The Kier molecular flexibility index (Phi) is 6.47. The molecular formula is C23H31N5O2. The van der Waals surface area contributed by atoms with Crippen LogP contribution in [0.2, 0.25) is 0 Å². The van der Waals surface area contributed by atoms with E-state index < -0.39 is 0 Å². The molecule has 2 heterocycles. The van der Waals surface area contributed by atoms with Crippen molar-refractivity contribution in [3.05, 3.63) is 41.7 Å². The first-order valence-electron chi connectivity index (χ1n) is 11.0. The molecule has 4 rings (SSSR count). The number of nitrogens with one attached hydrogen (secondary N) is 1. The molecule has 1 aromatic heterocycles. The molecule has 1 fully saturated rings.